The molecule has 460 valence electrons. The quantitative estimate of drug-likeness (QED) is 0.0195. The smallest absolute Gasteiger partial charge is 0.306 e. The summed E-state index contributed by atoms with van der Waals surface area (Å²) < 4.78 is 17.6. The number of aliphatic hydroxyl groups excluding tert-OH is 5. The van der Waals surface area contributed by atoms with Crippen molar-refractivity contribution >= 4 is 11.9 Å². The summed E-state index contributed by atoms with van der Waals surface area (Å²) in [6, 6.07) is -1.06. The van der Waals surface area contributed by atoms with Gasteiger partial charge in [-0.3, -0.25) is 9.59 Å². The molecule has 11 nitrogen and oxygen atoms in total. The van der Waals surface area contributed by atoms with Gasteiger partial charge in [0.05, 0.1) is 25.4 Å². The maximum Gasteiger partial charge on any atom is 0.306 e. The van der Waals surface area contributed by atoms with Crippen LogP contribution in [-0.4, -0.2) is 99.6 Å². The Balaban J connectivity index is 2.75. The molecule has 6 N–H and O–H groups in total. The van der Waals surface area contributed by atoms with Crippen molar-refractivity contribution in [1.29, 1.82) is 0 Å². The Bertz CT molecular complexity index is 1830. The molecular formula is C70H115NO10. The number of esters is 1. The lowest BCUT2D eigenvalue weighted by Gasteiger charge is -2.41. The molecule has 1 heterocycles. The van der Waals surface area contributed by atoms with E-state index in [9.17, 15) is 35.1 Å². The Hall–Kier alpha value is -4.20. The van der Waals surface area contributed by atoms with Gasteiger partial charge in [0.2, 0.25) is 5.91 Å². The zero-order chi connectivity index (χ0) is 58.9. The van der Waals surface area contributed by atoms with Gasteiger partial charge in [-0.1, -0.05) is 238 Å². The first kappa shape index (κ1) is 74.8. The van der Waals surface area contributed by atoms with E-state index in [2.05, 4.69) is 148 Å². The van der Waals surface area contributed by atoms with Gasteiger partial charge in [0.25, 0.3) is 0 Å². The maximum absolute atomic E-state index is 13.4. The predicted molar refractivity (Wildman–Crippen MR) is 337 cm³/mol. The van der Waals surface area contributed by atoms with Gasteiger partial charge in [-0.05, 0) is 122 Å². The summed E-state index contributed by atoms with van der Waals surface area (Å²) >= 11 is 0. The van der Waals surface area contributed by atoms with E-state index in [1.54, 1.807) is 6.08 Å². The van der Waals surface area contributed by atoms with Gasteiger partial charge in [0, 0.05) is 6.42 Å². The van der Waals surface area contributed by atoms with Crippen LogP contribution in [0.5, 0.6) is 0 Å². The molecule has 0 bridgehead atoms. The molecule has 0 aliphatic carbocycles. The summed E-state index contributed by atoms with van der Waals surface area (Å²) in [7, 11) is 0. The lowest BCUT2D eigenvalue weighted by atomic mass is 9.99. The lowest BCUT2D eigenvalue weighted by molar-refractivity contribution is -0.305. The number of hydrogen-bond acceptors (Lipinski definition) is 10. The SMILES string of the molecule is CC/C=C\C/C=C\C/C=C\C/C=C\C/C=C\C/C=C\CCCCC(=O)OC1C(OCC(NC(=O)C(O)CCCC/C=C\C/C=C\C/C=C\C/C=C\CCCCC)C(O)/C=C/CCCCCCCCCCCCC)OC(CO)C(O)C1O. The highest BCUT2D eigenvalue weighted by molar-refractivity contribution is 5.80. The standard InChI is InChI=1S/C70H115NO10/c1-4-7-10-13-16-19-22-25-27-29-31-32-33-35-37-40-43-46-49-52-55-58-65(75)81-68-67(77)66(76)64(59-72)80-70(68)79-60-61(62(73)56-53-50-47-44-41-38-24-21-18-15-12-9-6-3)71-69(78)63(74)57-54-51-48-45-42-39-36-34-30-28-26-23-20-17-14-11-8-5-2/h7,10,16-17,19-20,25-28,31-32,34-37,42-43,45-46,53,56,61-64,66-68,70,72-74,76-77H,4-6,8-9,11-15,18,21-24,29-30,33,38-41,44,47-52,54-55,57-60H2,1-3H3,(H,71,78)/b10-7-,19-16-,20-17-,27-25-,28-26-,32-31-,36-34-,37-35-,45-42-,46-43-,56-53+. The van der Waals surface area contributed by atoms with Crippen LogP contribution < -0.4 is 5.32 Å². The predicted octanol–water partition coefficient (Wildman–Crippen LogP) is 15.6. The van der Waals surface area contributed by atoms with Gasteiger partial charge in [0.15, 0.2) is 12.4 Å². The van der Waals surface area contributed by atoms with Crippen LogP contribution in [0.25, 0.3) is 0 Å². The molecule has 1 rings (SSSR count). The van der Waals surface area contributed by atoms with E-state index in [0.29, 0.717) is 12.8 Å². The van der Waals surface area contributed by atoms with Gasteiger partial charge < -0.3 is 45.1 Å². The number of hydrogen-bond donors (Lipinski definition) is 6. The number of unbranched alkanes of at least 4 members (excludes halogenated alkanes) is 18. The normalized spacial score (nSPS) is 19.6. The summed E-state index contributed by atoms with van der Waals surface area (Å²) in [5.41, 5.74) is 0. The fraction of sp³-hybridized carbons (Fsp3) is 0.657. The number of rotatable bonds is 52. The molecule has 0 saturated carbocycles. The van der Waals surface area contributed by atoms with Gasteiger partial charge in [-0.25, -0.2) is 0 Å². The van der Waals surface area contributed by atoms with Crippen molar-refractivity contribution < 1.29 is 49.3 Å². The van der Waals surface area contributed by atoms with Crippen LogP contribution in [0.1, 0.15) is 233 Å². The van der Waals surface area contributed by atoms with Crippen LogP contribution in [0.3, 0.4) is 0 Å². The summed E-state index contributed by atoms with van der Waals surface area (Å²) in [6.45, 7) is 5.59. The van der Waals surface area contributed by atoms with E-state index in [0.717, 1.165) is 116 Å². The molecule has 1 amide bonds. The average molecular weight is 1130 g/mol. The molecule has 1 fully saturated rings. The van der Waals surface area contributed by atoms with Crippen molar-refractivity contribution in [3.05, 3.63) is 134 Å². The van der Waals surface area contributed by atoms with Crippen molar-refractivity contribution in [2.45, 2.75) is 282 Å². The number of aliphatic hydroxyl groups is 5. The zero-order valence-corrected chi connectivity index (χ0v) is 50.8. The molecule has 81 heavy (non-hydrogen) atoms. The Morgan fingerprint density at radius 1 is 0.494 bits per heavy atom. The number of allylic oxidation sites excluding steroid dienone is 21. The van der Waals surface area contributed by atoms with Crippen LogP contribution >= 0.6 is 0 Å². The molecule has 0 radical (unpaired) electrons. The minimum absolute atomic E-state index is 0.0564. The Kier molecular flexibility index (Phi) is 52.0. The van der Waals surface area contributed by atoms with Gasteiger partial charge in [-0.2, -0.15) is 0 Å². The van der Waals surface area contributed by atoms with Gasteiger partial charge in [-0.15, -0.1) is 0 Å². The fourth-order valence-corrected chi connectivity index (χ4v) is 8.99. The highest BCUT2D eigenvalue weighted by atomic mass is 16.7. The monoisotopic (exact) mass is 1130 g/mol. The van der Waals surface area contributed by atoms with Crippen molar-refractivity contribution in [3.8, 4) is 0 Å². The van der Waals surface area contributed by atoms with Crippen molar-refractivity contribution in [3.63, 3.8) is 0 Å². The third-order valence-corrected chi connectivity index (χ3v) is 14.0. The first-order chi connectivity index (χ1) is 39.7. The lowest BCUT2D eigenvalue weighted by Crippen LogP contribution is -2.61. The average Bonchev–Trinajstić information content (AvgIpc) is 3.53. The second-order valence-electron chi connectivity index (χ2n) is 21.4. The van der Waals surface area contributed by atoms with Crippen LogP contribution in [-0.2, 0) is 23.8 Å². The van der Waals surface area contributed by atoms with E-state index in [4.69, 9.17) is 14.2 Å². The van der Waals surface area contributed by atoms with E-state index in [1.165, 1.54) is 70.6 Å². The van der Waals surface area contributed by atoms with E-state index >= 15 is 0 Å². The number of carbonyl (C=O) groups is 2. The highest BCUT2D eigenvalue weighted by Gasteiger charge is 2.47. The van der Waals surface area contributed by atoms with Crippen LogP contribution in [0, 0.1) is 0 Å². The van der Waals surface area contributed by atoms with Crippen molar-refractivity contribution in [2.24, 2.45) is 0 Å². The van der Waals surface area contributed by atoms with Gasteiger partial charge in [0.1, 0.15) is 24.4 Å². The number of nitrogens with one attached hydrogen (secondary N) is 1. The third kappa shape index (κ3) is 44.1. The molecule has 1 aliphatic rings. The minimum atomic E-state index is -1.65. The summed E-state index contributed by atoms with van der Waals surface area (Å²) in [6.07, 6.45) is 69.1. The molecule has 11 heteroatoms. The number of amides is 1. The second-order valence-corrected chi connectivity index (χ2v) is 21.4. The van der Waals surface area contributed by atoms with Gasteiger partial charge >= 0.3 is 5.97 Å². The minimum Gasteiger partial charge on any atom is -0.454 e. The van der Waals surface area contributed by atoms with Crippen molar-refractivity contribution in [2.75, 3.05) is 13.2 Å². The number of carbonyl (C=O) groups excluding carboxylic acids is 2. The largest absolute Gasteiger partial charge is 0.454 e. The van der Waals surface area contributed by atoms with Crippen LogP contribution in [0.15, 0.2) is 134 Å². The summed E-state index contributed by atoms with van der Waals surface area (Å²) in [5.74, 6) is -1.28. The summed E-state index contributed by atoms with van der Waals surface area (Å²) in [4.78, 5) is 26.6. The van der Waals surface area contributed by atoms with E-state index in [1.807, 2.05) is 6.08 Å². The molecule has 1 saturated heterocycles. The van der Waals surface area contributed by atoms with Crippen LogP contribution in [0.4, 0.5) is 0 Å². The first-order valence-electron chi connectivity index (χ1n) is 32.0. The van der Waals surface area contributed by atoms with E-state index < -0.39 is 67.4 Å². The third-order valence-electron chi connectivity index (χ3n) is 14.0. The Morgan fingerprint density at radius 3 is 1.36 bits per heavy atom. The maximum atomic E-state index is 13.4. The molecule has 0 aromatic carbocycles. The number of ether oxygens (including phenoxy) is 3. The molecule has 8 unspecified atom stereocenters. The van der Waals surface area contributed by atoms with Crippen LogP contribution in [0.2, 0.25) is 0 Å². The second kappa shape index (κ2) is 56.3. The van der Waals surface area contributed by atoms with E-state index in [-0.39, 0.29) is 19.4 Å². The zero-order valence-electron chi connectivity index (χ0n) is 50.8. The first-order valence-corrected chi connectivity index (χ1v) is 32.0. The van der Waals surface area contributed by atoms with Crippen molar-refractivity contribution in [1.82, 2.24) is 5.32 Å². The summed E-state index contributed by atoms with van der Waals surface area (Å²) in [5, 5.41) is 57.0. The topological polar surface area (TPSA) is 175 Å². The Morgan fingerprint density at radius 2 is 0.889 bits per heavy atom. The fourth-order valence-electron chi connectivity index (χ4n) is 8.99. The molecular weight excluding hydrogens is 1010 g/mol. The molecule has 0 spiro atoms. The molecule has 1 aliphatic heterocycles. The molecule has 0 aromatic heterocycles. The highest BCUT2D eigenvalue weighted by Crippen LogP contribution is 2.26. The molecule has 0 aromatic rings. The Labute approximate surface area is 493 Å². The molecule has 8 atom stereocenters.